The topological polar surface area (TPSA) is 43.9 Å². The Morgan fingerprint density at radius 1 is 0.867 bits per heavy atom. The SMILES string of the molecule is Cc1ccc(C2=C(N3CCN(C)CC3)C(=O)N(Cc3ccc(F)cc3)C2=O)cc1C. The summed E-state index contributed by atoms with van der Waals surface area (Å²) in [6, 6.07) is 11.8. The fourth-order valence-corrected chi connectivity index (χ4v) is 3.96. The van der Waals surface area contributed by atoms with Gasteiger partial charge in [0.25, 0.3) is 11.8 Å². The van der Waals surface area contributed by atoms with Crippen molar-refractivity contribution in [2.75, 3.05) is 33.2 Å². The monoisotopic (exact) mass is 407 g/mol. The molecule has 2 amide bonds. The summed E-state index contributed by atoms with van der Waals surface area (Å²) in [5, 5.41) is 0. The average Bonchev–Trinajstić information content (AvgIpc) is 2.97. The molecule has 0 unspecified atom stereocenters. The minimum absolute atomic E-state index is 0.129. The first-order valence-corrected chi connectivity index (χ1v) is 10.2. The molecule has 2 heterocycles. The number of aryl methyl sites for hydroxylation is 2. The molecular formula is C24H26FN3O2. The van der Waals surface area contributed by atoms with E-state index >= 15 is 0 Å². The van der Waals surface area contributed by atoms with Gasteiger partial charge in [-0.15, -0.1) is 0 Å². The van der Waals surface area contributed by atoms with Gasteiger partial charge in [-0.2, -0.15) is 0 Å². The molecule has 4 rings (SSSR count). The van der Waals surface area contributed by atoms with Gasteiger partial charge in [0.2, 0.25) is 0 Å². The second-order valence-electron chi connectivity index (χ2n) is 8.14. The number of amides is 2. The maximum atomic E-state index is 13.4. The van der Waals surface area contributed by atoms with Crippen LogP contribution in [-0.2, 0) is 16.1 Å². The summed E-state index contributed by atoms with van der Waals surface area (Å²) < 4.78 is 13.3. The predicted octanol–water partition coefficient (Wildman–Crippen LogP) is 2.97. The number of hydrogen-bond donors (Lipinski definition) is 0. The summed E-state index contributed by atoms with van der Waals surface area (Å²) in [6.45, 7) is 7.23. The Bertz CT molecular complexity index is 1020. The molecule has 6 heteroatoms. The standard InChI is InChI=1S/C24H26FN3O2/c1-16-4-7-19(14-17(16)2)21-22(27-12-10-26(3)11-13-27)24(30)28(23(21)29)15-18-5-8-20(25)9-6-18/h4-9,14H,10-13,15H2,1-3H3. The zero-order valence-electron chi connectivity index (χ0n) is 17.6. The summed E-state index contributed by atoms with van der Waals surface area (Å²) in [7, 11) is 2.05. The number of likely N-dealkylation sites (N-methyl/N-ethyl adjacent to an activating group) is 1. The minimum atomic E-state index is -0.343. The molecule has 2 aromatic carbocycles. The third kappa shape index (κ3) is 3.75. The van der Waals surface area contributed by atoms with Crippen molar-refractivity contribution in [2.24, 2.45) is 0 Å². The first-order chi connectivity index (χ1) is 14.3. The Hall–Kier alpha value is -2.99. The van der Waals surface area contributed by atoms with E-state index in [0.29, 0.717) is 24.4 Å². The number of benzene rings is 2. The molecule has 0 radical (unpaired) electrons. The number of carbonyl (C=O) groups is 2. The Balaban J connectivity index is 1.73. The van der Waals surface area contributed by atoms with Gasteiger partial charge in [-0.25, -0.2) is 4.39 Å². The van der Waals surface area contributed by atoms with Crippen LogP contribution in [0.25, 0.3) is 5.57 Å². The normalized spacial score (nSPS) is 18.0. The third-order valence-electron chi connectivity index (χ3n) is 6.01. The van der Waals surface area contributed by atoms with Crippen LogP contribution in [0.3, 0.4) is 0 Å². The zero-order valence-corrected chi connectivity index (χ0v) is 17.6. The number of hydrogen-bond acceptors (Lipinski definition) is 4. The molecule has 2 aliphatic heterocycles. The van der Waals surface area contributed by atoms with Crippen molar-refractivity contribution in [3.63, 3.8) is 0 Å². The second kappa shape index (κ2) is 8.03. The first-order valence-electron chi connectivity index (χ1n) is 10.2. The van der Waals surface area contributed by atoms with E-state index in [4.69, 9.17) is 0 Å². The van der Waals surface area contributed by atoms with Crippen LogP contribution < -0.4 is 0 Å². The van der Waals surface area contributed by atoms with E-state index in [2.05, 4.69) is 11.9 Å². The maximum absolute atomic E-state index is 13.4. The van der Waals surface area contributed by atoms with Crippen LogP contribution in [0, 0.1) is 19.7 Å². The molecule has 0 spiro atoms. The van der Waals surface area contributed by atoms with E-state index in [1.54, 1.807) is 12.1 Å². The molecule has 2 aliphatic rings. The predicted molar refractivity (Wildman–Crippen MR) is 114 cm³/mol. The largest absolute Gasteiger partial charge is 0.364 e. The van der Waals surface area contributed by atoms with Crippen LogP contribution in [0.2, 0.25) is 0 Å². The molecule has 0 atom stereocenters. The molecular weight excluding hydrogens is 381 g/mol. The van der Waals surface area contributed by atoms with Crippen LogP contribution in [0.4, 0.5) is 4.39 Å². The highest BCUT2D eigenvalue weighted by atomic mass is 19.1. The van der Waals surface area contributed by atoms with Crippen molar-refractivity contribution in [3.05, 3.63) is 76.2 Å². The lowest BCUT2D eigenvalue weighted by atomic mass is 9.99. The molecule has 0 N–H and O–H groups in total. The zero-order chi connectivity index (χ0) is 21.4. The lowest BCUT2D eigenvalue weighted by molar-refractivity contribution is -0.138. The van der Waals surface area contributed by atoms with Gasteiger partial charge in [-0.3, -0.25) is 14.5 Å². The summed E-state index contributed by atoms with van der Waals surface area (Å²) in [5.74, 6) is -0.909. The Kier molecular flexibility index (Phi) is 5.43. The second-order valence-corrected chi connectivity index (χ2v) is 8.14. The molecule has 0 bridgehead atoms. The van der Waals surface area contributed by atoms with Crippen molar-refractivity contribution in [2.45, 2.75) is 20.4 Å². The number of nitrogens with zero attached hydrogens (tertiary/aromatic N) is 3. The Morgan fingerprint density at radius 2 is 1.53 bits per heavy atom. The van der Waals surface area contributed by atoms with Gasteiger partial charge >= 0.3 is 0 Å². The van der Waals surface area contributed by atoms with Crippen molar-refractivity contribution < 1.29 is 14.0 Å². The maximum Gasteiger partial charge on any atom is 0.278 e. The van der Waals surface area contributed by atoms with Crippen LogP contribution in [0.5, 0.6) is 0 Å². The Labute approximate surface area is 176 Å². The third-order valence-corrected chi connectivity index (χ3v) is 6.01. The summed E-state index contributed by atoms with van der Waals surface area (Å²) in [4.78, 5) is 32.4. The molecule has 30 heavy (non-hydrogen) atoms. The fraction of sp³-hybridized carbons (Fsp3) is 0.333. The number of rotatable bonds is 4. The highest BCUT2D eigenvalue weighted by molar-refractivity contribution is 6.35. The van der Waals surface area contributed by atoms with Crippen LogP contribution in [-0.4, -0.2) is 59.7 Å². The number of imide groups is 1. The minimum Gasteiger partial charge on any atom is -0.364 e. The highest BCUT2D eigenvalue weighted by Gasteiger charge is 2.42. The van der Waals surface area contributed by atoms with E-state index in [0.717, 1.165) is 35.3 Å². The van der Waals surface area contributed by atoms with Crippen molar-refractivity contribution >= 4 is 17.4 Å². The summed E-state index contributed by atoms with van der Waals surface area (Å²) in [5.41, 5.74) is 4.66. The van der Waals surface area contributed by atoms with Crippen LogP contribution in [0.1, 0.15) is 22.3 Å². The highest BCUT2D eigenvalue weighted by Crippen LogP contribution is 2.33. The van der Waals surface area contributed by atoms with Gasteiger partial charge in [-0.05, 0) is 55.3 Å². The smallest absolute Gasteiger partial charge is 0.278 e. The van der Waals surface area contributed by atoms with Crippen LogP contribution >= 0.6 is 0 Å². The molecule has 2 aromatic rings. The molecule has 0 saturated carbocycles. The summed E-state index contributed by atoms with van der Waals surface area (Å²) in [6.07, 6.45) is 0. The van der Waals surface area contributed by atoms with E-state index in [-0.39, 0.29) is 24.2 Å². The number of halogens is 1. The van der Waals surface area contributed by atoms with Gasteiger partial charge in [0.15, 0.2) is 0 Å². The van der Waals surface area contributed by atoms with Gasteiger partial charge < -0.3 is 9.80 Å². The van der Waals surface area contributed by atoms with Gasteiger partial charge in [-0.1, -0.05) is 30.3 Å². The summed E-state index contributed by atoms with van der Waals surface area (Å²) >= 11 is 0. The lowest BCUT2D eigenvalue weighted by Gasteiger charge is -2.34. The molecule has 5 nitrogen and oxygen atoms in total. The van der Waals surface area contributed by atoms with Crippen LogP contribution in [0.15, 0.2) is 48.2 Å². The lowest BCUT2D eigenvalue weighted by Crippen LogP contribution is -2.46. The quantitative estimate of drug-likeness (QED) is 0.731. The molecule has 0 aromatic heterocycles. The molecule has 1 fully saturated rings. The van der Waals surface area contributed by atoms with Gasteiger partial charge in [0, 0.05) is 26.2 Å². The fourth-order valence-electron chi connectivity index (χ4n) is 3.96. The molecule has 1 saturated heterocycles. The number of piperazine rings is 1. The average molecular weight is 407 g/mol. The number of carbonyl (C=O) groups excluding carboxylic acids is 2. The van der Waals surface area contributed by atoms with E-state index in [9.17, 15) is 14.0 Å². The van der Waals surface area contributed by atoms with Crippen molar-refractivity contribution in [1.29, 1.82) is 0 Å². The van der Waals surface area contributed by atoms with E-state index < -0.39 is 0 Å². The molecule has 0 aliphatic carbocycles. The van der Waals surface area contributed by atoms with Gasteiger partial charge in [0.1, 0.15) is 11.5 Å². The van der Waals surface area contributed by atoms with Crippen molar-refractivity contribution in [3.8, 4) is 0 Å². The van der Waals surface area contributed by atoms with Crippen molar-refractivity contribution in [1.82, 2.24) is 14.7 Å². The van der Waals surface area contributed by atoms with E-state index in [1.807, 2.05) is 36.9 Å². The first kappa shape index (κ1) is 20.3. The van der Waals surface area contributed by atoms with E-state index in [1.165, 1.54) is 17.0 Å². The molecule has 156 valence electrons. The van der Waals surface area contributed by atoms with Gasteiger partial charge in [0.05, 0.1) is 12.1 Å². The Morgan fingerprint density at radius 3 is 2.17 bits per heavy atom.